The molecular formula is C11H23N3O2. The lowest BCUT2D eigenvalue weighted by atomic mass is 10.1. The molecule has 0 aromatic carbocycles. The number of nitrogens with one attached hydrogen (secondary N) is 1. The van der Waals surface area contributed by atoms with E-state index in [9.17, 15) is 9.59 Å². The van der Waals surface area contributed by atoms with Crippen LogP contribution in [-0.2, 0) is 9.59 Å². The van der Waals surface area contributed by atoms with E-state index < -0.39 is 6.04 Å². The van der Waals surface area contributed by atoms with E-state index in [0.29, 0.717) is 19.4 Å². The lowest BCUT2D eigenvalue weighted by molar-refractivity contribution is -0.129. The zero-order chi connectivity index (χ0) is 12.7. The van der Waals surface area contributed by atoms with Crippen LogP contribution in [0.1, 0.15) is 26.7 Å². The summed E-state index contributed by atoms with van der Waals surface area (Å²) < 4.78 is 0. The maximum atomic E-state index is 11.4. The highest BCUT2D eigenvalue weighted by Gasteiger charge is 2.16. The van der Waals surface area contributed by atoms with Crippen molar-refractivity contribution < 1.29 is 9.59 Å². The van der Waals surface area contributed by atoms with Gasteiger partial charge < -0.3 is 16.0 Å². The van der Waals surface area contributed by atoms with Gasteiger partial charge in [0.2, 0.25) is 11.8 Å². The quantitative estimate of drug-likeness (QED) is 0.627. The van der Waals surface area contributed by atoms with Crippen molar-refractivity contribution in [1.29, 1.82) is 0 Å². The number of amides is 2. The first-order valence-electron chi connectivity index (χ1n) is 5.59. The monoisotopic (exact) mass is 229 g/mol. The smallest absolute Gasteiger partial charge is 0.237 e. The van der Waals surface area contributed by atoms with Gasteiger partial charge in [-0.2, -0.15) is 0 Å². The third kappa shape index (κ3) is 5.70. The largest absolute Gasteiger partial charge is 0.355 e. The van der Waals surface area contributed by atoms with E-state index in [2.05, 4.69) is 5.32 Å². The second kappa shape index (κ2) is 7.22. The maximum Gasteiger partial charge on any atom is 0.237 e. The Hall–Kier alpha value is -1.10. The van der Waals surface area contributed by atoms with E-state index in [1.807, 2.05) is 13.8 Å². The number of carbonyl (C=O) groups excluding carboxylic acids is 2. The SMILES string of the molecule is CC(C)[C@H](N)C(=O)NCCCC(=O)N(C)C. The Morgan fingerprint density at radius 2 is 1.88 bits per heavy atom. The summed E-state index contributed by atoms with van der Waals surface area (Å²) in [5.41, 5.74) is 5.66. The summed E-state index contributed by atoms with van der Waals surface area (Å²) >= 11 is 0. The van der Waals surface area contributed by atoms with Crippen molar-refractivity contribution in [2.24, 2.45) is 11.7 Å². The summed E-state index contributed by atoms with van der Waals surface area (Å²) in [6.45, 7) is 4.30. The second-order valence-corrected chi connectivity index (χ2v) is 4.45. The van der Waals surface area contributed by atoms with E-state index in [1.165, 1.54) is 0 Å². The Morgan fingerprint density at radius 3 is 2.31 bits per heavy atom. The van der Waals surface area contributed by atoms with Crippen molar-refractivity contribution in [3.63, 3.8) is 0 Å². The Morgan fingerprint density at radius 1 is 1.31 bits per heavy atom. The molecule has 0 rings (SSSR count). The molecule has 0 unspecified atom stereocenters. The van der Waals surface area contributed by atoms with Crippen LogP contribution in [0.2, 0.25) is 0 Å². The van der Waals surface area contributed by atoms with Gasteiger partial charge in [-0.3, -0.25) is 9.59 Å². The molecule has 1 atom stereocenters. The molecule has 0 fully saturated rings. The van der Waals surface area contributed by atoms with E-state index in [1.54, 1.807) is 19.0 Å². The average molecular weight is 229 g/mol. The predicted molar refractivity (Wildman–Crippen MR) is 63.8 cm³/mol. The summed E-state index contributed by atoms with van der Waals surface area (Å²) in [4.78, 5) is 24.2. The number of nitrogens with zero attached hydrogens (tertiary/aromatic N) is 1. The fraction of sp³-hybridized carbons (Fsp3) is 0.818. The fourth-order valence-corrected chi connectivity index (χ4v) is 1.10. The summed E-state index contributed by atoms with van der Waals surface area (Å²) in [6.07, 6.45) is 1.10. The van der Waals surface area contributed by atoms with Crippen LogP contribution in [0.15, 0.2) is 0 Å². The Kier molecular flexibility index (Phi) is 6.72. The third-order valence-corrected chi connectivity index (χ3v) is 2.39. The normalized spacial score (nSPS) is 12.4. The van der Waals surface area contributed by atoms with Crippen molar-refractivity contribution in [3.05, 3.63) is 0 Å². The highest BCUT2D eigenvalue weighted by atomic mass is 16.2. The van der Waals surface area contributed by atoms with Crippen LogP contribution >= 0.6 is 0 Å². The molecular weight excluding hydrogens is 206 g/mol. The molecule has 0 radical (unpaired) electrons. The second-order valence-electron chi connectivity index (χ2n) is 4.45. The standard InChI is InChI=1S/C11H23N3O2/c1-8(2)10(12)11(16)13-7-5-6-9(15)14(3)4/h8,10H,5-7,12H2,1-4H3,(H,13,16)/t10-/m0/s1. The molecule has 0 aliphatic heterocycles. The average Bonchev–Trinajstić information content (AvgIpc) is 2.22. The van der Waals surface area contributed by atoms with Gasteiger partial charge in [0.05, 0.1) is 6.04 Å². The number of carbonyl (C=O) groups is 2. The van der Waals surface area contributed by atoms with Crippen molar-refractivity contribution in [3.8, 4) is 0 Å². The molecule has 0 saturated heterocycles. The van der Waals surface area contributed by atoms with Gasteiger partial charge in [-0.15, -0.1) is 0 Å². The van der Waals surface area contributed by atoms with Crippen molar-refractivity contribution in [2.45, 2.75) is 32.7 Å². The molecule has 2 amide bonds. The third-order valence-electron chi connectivity index (χ3n) is 2.39. The molecule has 5 nitrogen and oxygen atoms in total. The predicted octanol–water partition coefficient (Wildman–Crippen LogP) is -0.0457. The molecule has 0 aliphatic carbocycles. The van der Waals surface area contributed by atoms with E-state index in [4.69, 9.17) is 5.73 Å². The van der Waals surface area contributed by atoms with Gasteiger partial charge in [0, 0.05) is 27.1 Å². The summed E-state index contributed by atoms with van der Waals surface area (Å²) in [7, 11) is 3.44. The topological polar surface area (TPSA) is 75.4 Å². The molecule has 3 N–H and O–H groups in total. The minimum absolute atomic E-state index is 0.0717. The van der Waals surface area contributed by atoms with Crippen LogP contribution in [0.25, 0.3) is 0 Å². The number of rotatable bonds is 6. The molecule has 94 valence electrons. The minimum Gasteiger partial charge on any atom is -0.355 e. The molecule has 0 aromatic rings. The van der Waals surface area contributed by atoms with Crippen molar-refractivity contribution in [1.82, 2.24) is 10.2 Å². The molecule has 5 heteroatoms. The van der Waals surface area contributed by atoms with Gasteiger partial charge in [-0.05, 0) is 12.3 Å². The Bertz CT molecular complexity index is 239. The van der Waals surface area contributed by atoms with Crippen molar-refractivity contribution >= 4 is 11.8 Å². The van der Waals surface area contributed by atoms with Crippen LogP contribution in [0.3, 0.4) is 0 Å². The zero-order valence-electron chi connectivity index (χ0n) is 10.6. The van der Waals surface area contributed by atoms with Crippen LogP contribution in [0.5, 0.6) is 0 Å². The Balaban J connectivity index is 3.67. The molecule has 0 bridgehead atoms. The van der Waals surface area contributed by atoms with E-state index >= 15 is 0 Å². The van der Waals surface area contributed by atoms with Crippen LogP contribution < -0.4 is 11.1 Å². The highest BCUT2D eigenvalue weighted by Crippen LogP contribution is 1.98. The highest BCUT2D eigenvalue weighted by molar-refractivity contribution is 5.81. The van der Waals surface area contributed by atoms with Gasteiger partial charge in [0.15, 0.2) is 0 Å². The zero-order valence-corrected chi connectivity index (χ0v) is 10.6. The van der Waals surface area contributed by atoms with Crippen molar-refractivity contribution in [2.75, 3.05) is 20.6 Å². The number of hydrogen-bond acceptors (Lipinski definition) is 3. The first-order valence-corrected chi connectivity index (χ1v) is 5.59. The van der Waals surface area contributed by atoms with Gasteiger partial charge in [0.1, 0.15) is 0 Å². The van der Waals surface area contributed by atoms with Gasteiger partial charge in [-0.1, -0.05) is 13.8 Å². The molecule has 0 aliphatic rings. The van der Waals surface area contributed by atoms with E-state index in [-0.39, 0.29) is 17.7 Å². The Labute approximate surface area is 97.4 Å². The van der Waals surface area contributed by atoms with Crippen LogP contribution in [0, 0.1) is 5.92 Å². The van der Waals surface area contributed by atoms with Gasteiger partial charge in [0.25, 0.3) is 0 Å². The molecule has 16 heavy (non-hydrogen) atoms. The first kappa shape index (κ1) is 14.9. The molecule has 0 heterocycles. The van der Waals surface area contributed by atoms with Gasteiger partial charge >= 0.3 is 0 Å². The summed E-state index contributed by atoms with van der Waals surface area (Å²) in [5.74, 6) is 0.0538. The number of nitrogens with two attached hydrogens (primary N) is 1. The van der Waals surface area contributed by atoms with Gasteiger partial charge in [-0.25, -0.2) is 0 Å². The lowest BCUT2D eigenvalue weighted by Gasteiger charge is -2.15. The molecule has 0 spiro atoms. The van der Waals surface area contributed by atoms with Crippen LogP contribution in [0.4, 0.5) is 0 Å². The summed E-state index contributed by atoms with van der Waals surface area (Å²) in [5, 5.41) is 2.72. The first-order chi connectivity index (χ1) is 7.36. The molecule has 0 aromatic heterocycles. The van der Waals surface area contributed by atoms with E-state index in [0.717, 1.165) is 0 Å². The summed E-state index contributed by atoms with van der Waals surface area (Å²) in [6, 6.07) is -0.468. The number of hydrogen-bond donors (Lipinski definition) is 2. The maximum absolute atomic E-state index is 11.4. The minimum atomic E-state index is -0.468. The fourth-order valence-electron chi connectivity index (χ4n) is 1.10. The lowest BCUT2D eigenvalue weighted by Crippen LogP contribution is -2.44. The van der Waals surface area contributed by atoms with Crippen LogP contribution in [-0.4, -0.2) is 43.4 Å². The molecule has 0 saturated carbocycles.